The van der Waals surface area contributed by atoms with Gasteiger partial charge in [-0.1, -0.05) is 0 Å². The SMILES string of the molecule is O.O.O.O.O.O.O=C1C=C(N2CC2)C(=O)C(N2CC2)=C1N1CC1.[Cl][Ru][Cl]. The van der Waals surface area contributed by atoms with Crippen molar-refractivity contribution in [2.45, 2.75) is 0 Å². The molecule has 4 rings (SSSR count). The van der Waals surface area contributed by atoms with E-state index in [4.69, 9.17) is 19.4 Å². The van der Waals surface area contributed by atoms with Crippen molar-refractivity contribution in [1.82, 2.24) is 14.7 Å². The first-order valence-electron chi connectivity index (χ1n) is 6.32. The molecule has 3 heterocycles. The van der Waals surface area contributed by atoms with E-state index in [1.165, 1.54) is 6.08 Å². The van der Waals surface area contributed by atoms with Crippen molar-refractivity contribution < 1.29 is 57.6 Å². The summed E-state index contributed by atoms with van der Waals surface area (Å²) < 4.78 is 0. The van der Waals surface area contributed by atoms with Crippen molar-refractivity contribution in [3.05, 3.63) is 23.2 Å². The van der Waals surface area contributed by atoms with Crippen LogP contribution in [0.15, 0.2) is 23.2 Å². The Kier molecular flexibility index (Phi) is 16.9. The second-order valence-corrected chi connectivity index (χ2v) is 7.57. The van der Waals surface area contributed by atoms with E-state index in [0.717, 1.165) is 39.3 Å². The molecule has 1 aliphatic carbocycles. The van der Waals surface area contributed by atoms with E-state index in [0.29, 0.717) is 17.1 Å². The molecule has 14 heteroatoms. The third-order valence-electron chi connectivity index (χ3n) is 3.49. The molecule has 0 atom stereocenters. The van der Waals surface area contributed by atoms with Gasteiger partial charge in [0, 0.05) is 45.3 Å². The van der Waals surface area contributed by atoms with E-state index in [1.54, 1.807) is 0 Å². The van der Waals surface area contributed by atoms with E-state index in [2.05, 4.69) is 0 Å². The number of carbonyl (C=O) groups is 2. The van der Waals surface area contributed by atoms with Crippen molar-refractivity contribution in [1.29, 1.82) is 0 Å². The van der Waals surface area contributed by atoms with Gasteiger partial charge in [0.05, 0.1) is 5.70 Å². The second-order valence-electron chi connectivity index (χ2n) is 4.93. The number of allylic oxidation sites excluding steroid dienone is 1. The molecular weight excluding hydrogens is 486 g/mol. The van der Waals surface area contributed by atoms with Crippen LogP contribution >= 0.6 is 19.4 Å². The second kappa shape index (κ2) is 13.4. The number of rotatable bonds is 3. The fraction of sp³-hybridized carbons (Fsp3) is 0.500. The van der Waals surface area contributed by atoms with E-state index in [9.17, 15) is 9.59 Å². The zero-order valence-electron chi connectivity index (χ0n) is 13.6. The Hall–Kier alpha value is -0.817. The summed E-state index contributed by atoms with van der Waals surface area (Å²) >= 11 is -0.346. The molecule has 0 aromatic heterocycles. The van der Waals surface area contributed by atoms with Crippen LogP contribution in [0.25, 0.3) is 0 Å². The van der Waals surface area contributed by atoms with Crippen LogP contribution in [-0.4, -0.2) is 98.4 Å². The zero-order valence-corrected chi connectivity index (χ0v) is 16.8. The fourth-order valence-corrected chi connectivity index (χ4v) is 2.28. The number of Topliss-reactive ketones (excluding diaryl/α,β-unsaturated/α-hetero) is 1. The van der Waals surface area contributed by atoms with Gasteiger partial charge >= 0.3 is 34.5 Å². The summed E-state index contributed by atoms with van der Waals surface area (Å²) in [5.74, 6) is 0.0485. The van der Waals surface area contributed by atoms with E-state index in [1.807, 2.05) is 14.7 Å². The Labute approximate surface area is 165 Å². The van der Waals surface area contributed by atoms with Crippen molar-refractivity contribution in [2.75, 3.05) is 39.3 Å². The summed E-state index contributed by atoms with van der Waals surface area (Å²) in [7, 11) is 9.71. The van der Waals surface area contributed by atoms with E-state index >= 15 is 0 Å². The molecule has 0 bridgehead atoms. The van der Waals surface area contributed by atoms with Crippen molar-refractivity contribution in [2.24, 2.45) is 0 Å². The first kappa shape index (κ1) is 32.8. The molecule has 0 spiro atoms. The number of hydrogen-bond donors (Lipinski definition) is 0. The van der Waals surface area contributed by atoms with Gasteiger partial charge in [-0.25, -0.2) is 0 Å². The molecule has 158 valence electrons. The predicted molar refractivity (Wildman–Crippen MR) is 93.2 cm³/mol. The van der Waals surface area contributed by atoms with E-state index in [-0.39, 0.29) is 59.6 Å². The average Bonchev–Trinajstić information content (AvgIpc) is 3.28. The molecule has 11 nitrogen and oxygen atoms in total. The van der Waals surface area contributed by atoms with Gasteiger partial charge in [-0.3, -0.25) is 9.59 Å². The number of nitrogens with zero attached hydrogens (tertiary/aromatic N) is 3. The van der Waals surface area contributed by atoms with Crippen LogP contribution < -0.4 is 0 Å². The molecule has 0 saturated carbocycles. The third-order valence-corrected chi connectivity index (χ3v) is 3.49. The number of ketones is 2. The molecule has 0 aromatic carbocycles. The normalized spacial score (nSPS) is 18.2. The molecular formula is C12H25Cl2N3O8Ru. The Morgan fingerprint density at radius 1 is 0.692 bits per heavy atom. The molecule has 3 aliphatic heterocycles. The summed E-state index contributed by atoms with van der Waals surface area (Å²) in [5, 5.41) is 0. The average molecular weight is 511 g/mol. The number of halogens is 2. The van der Waals surface area contributed by atoms with Crippen molar-refractivity contribution in [3.63, 3.8) is 0 Å². The third kappa shape index (κ3) is 7.07. The van der Waals surface area contributed by atoms with Gasteiger partial charge in [-0.15, -0.1) is 0 Å². The molecule has 3 saturated heterocycles. The van der Waals surface area contributed by atoms with E-state index < -0.39 is 0 Å². The standard InChI is InChI=1S/C12H13N3O2.2ClH.6H2O.Ru/c16-9-7-8(13-1-2-13)12(17)11(15-5-6-15)10(9)14-3-4-14;;;;;;;;;/h7H,1-6H2;2*1H;6*1H2;/q;;;;;;;;;+2/p-2. The number of carbonyl (C=O) groups excluding carboxylic acids is 2. The van der Waals surface area contributed by atoms with Gasteiger partial charge in [-0.2, -0.15) is 0 Å². The minimum atomic E-state index is -0.346. The summed E-state index contributed by atoms with van der Waals surface area (Å²) in [5.41, 5.74) is 1.89. The molecule has 0 unspecified atom stereocenters. The Bertz CT molecular complexity index is 537. The summed E-state index contributed by atoms with van der Waals surface area (Å²) in [6.07, 6.45) is 1.52. The Balaban J connectivity index is -0.000000254. The Morgan fingerprint density at radius 2 is 1.04 bits per heavy atom. The maximum atomic E-state index is 12.4. The molecule has 12 N–H and O–H groups in total. The maximum absolute atomic E-state index is 12.4. The molecule has 0 aromatic rings. The predicted octanol–water partition coefficient (Wildman–Crippen LogP) is -4.39. The van der Waals surface area contributed by atoms with Crippen LogP contribution in [0.1, 0.15) is 0 Å². The van der Waals surface area contributed by atoms with Crippen molar-refractivity contribution in [3.8, 4) is 0 Å². The molecule has 0 radical (unpaired) electrons. The fourth-order valence-electron chi connectivity index (χ4n) is 2.28. The molecule has 4 aliphatic rings. The first-order valence-corrected chi connectivity index (χ1v) is 10.8. The van der Waals surface area contributed by atoms with Crippen molar-refractivity contribution >= 4 is 30.9 Å². The van der Waals surface area contributed by atoms with Crippen LogP contribution in [0.2, 0.25) is 0 Å². The van der Waals surface area contributed by atoms with Crippen LogP contribution in [-0.2, 0) is 24.7 Å². The van der Waals surface area contributed by atoms with Crippen LogP contribution in [0, 0.1) is 0 Å². The van der Waals surface area contributed by atoms with Gasteiger partial charge in [0.1, 0.15) is 11.4 Å². The van der Waals surface area contributed by atoms with Gasteiger partial charge in [-0.05, 0) is 0 Å². The summed E-state index contributed by atoms with van der Waals surface area (Å²) in [4.78, 5) is 30.5. The number of hydrogen-bond acceptors (Lipinski definition) is 5. The summed E-state index contributed by atoms with van der Waals surface area (Å²) in [6, 6.07) is 0. The minimum absolute atomic E-state index is 0. The van der Waals surface area contributed by atoms with Gasteiger partial charge in [0.15, 0.2) is 0 Å². The van der Waals surface area contributed by atoms with Crippen LogP contribution in [0.5, 0.6) is 0 Å². The quantitative estimate of drug-likeness (QED) is 0.207. The van der Waals surface area contributed by atoms with Crippen LogP contribution in [0.4, 0.5) is 0 Å². The van der Waals surface area contributed by atoms with Crippen LogP contribution in [0.3, 0.4) is 0 Å². The molecule has 26 heavy (non-hydrogen) atoms. The molecule has 3 fully saturated rings. The van der Waals surface area contributed by atoms with Gasteiger partial charge in [0.2, 0.25) is 11.6 Å². The summed E-state index contributed by atoms with van der Waals surface area (Å²) in [6.45, 7) is 5.41. The van der Waals surface area contributed by atoms with Gasteiger partial charge in [0.25, 0.3) is 0 Å². The topological polar surface area (TPSA) is 232 Å². The Morgan fingerprint density at radius 3 is 1.38 bits per heavy atom. The first-order chi connectivity index (χ1) is 9.67. The zero-order chi connectivity index (χ0) is 14.3. The molecule has 0 amide bonds. The van der Waals surface area contributed by atoms with Gasteiger partial charge < -0.3 is 47.6 Å². The monoisotopic (exact) mass is 511 g/mol.